The van der Waals surface area contributed by atoms with Crippen LogP contribution in [0.1, 0.15) is 33.1 Å². The van der Waals surface area contributed by atoms with Crippen molar-refractivity contribution in [2.45, 2.75) is 45.0 Å². The predicted octanol–water partition coefficient (Wildman–Crippen LogP) is 2.04. The number of carbonyl (C=O) groups is 1. The average Bonchev–Trinajstić information content (AvgIpc) is 2.57. The van der Waals surface area contributed by atoms with Crippen LogP contribution in [0, 0.1) is 0 Å². The molecule has 0 aliphatic carbocycles. The Balaban J connectivity index is 2.11. The van der Waals surface area contributed by atoms with E-state index in [4.69, 9.17) is 9.47 Å². The van der Waals surface area contributed by atoms with Crippen molar-refractivity contribution in [3.05, 3.63) is 12.2 Å². The third-order valence-electron chi connectivity index (χ3n) is 2.38. The third kappa shape index (κ3) is 4.77. The topological polar surface area (TPSA) is 44.8 Å². The predicted molar refractivity (Wildman–Crippen MR) is 59.9 cm³/mol. The number of hydrogen-bond acceptors (Lipinski definition) is 4. The third-order valence-corrected chi connectivity index (χ3v) is 2.38. The van der Waals surface area contributed by atoms with Crippen molar-refractivity contribution in [1.82, 2.24) is 0 Å². The van der Waals surface area contributed by atoms with Gasteiger partial charge in [-0.25, -0.2) is 0 Å². The Morgan fingerprint density at radius 3 is 2.81 bits per heavy atom. The Morgan fingerprint density at radius 1 is 1.50 bits per heavy atom. The van der Waals surface area contributed by atoms with Gasteiger partial charge in [-0.2, -0.15) is 0 Å². The zero-order chi connectivity index (χ0) is 12.0. The second-order valence-electron chi connectivity index (χ2n) is 4.27. The number of rotatable bonds is 5. The van der Waals surface area contributed by atoms with Gasteiger partial charge in [-0.1, -0.05) is 12.2 Å². The first kappa shape index (κ1) is 13.2. The van der Waals surface area contributed by atoms with Gasteiger partial charge in [-0.3, -0.25) is 4.79 Å². The van der Waals surface area contributed by atoms with Crippen LogP contribution in [0.4, 0.5) is 0 Å². The molecule has 1 atom stereocenters. The summed E-state index contributed by atoms with van der Waals surface area (Å²) in [4.78, 5) is 10.8. The highest BCUT2D eigenvalue weighted by atomic mass is 16.7. The molecule has 0 amide bonds. The highest BCUT2D eigenvalue weighted by Gasteiger charge is 2.31. The summed E-state index contributed by atoms with van der Waals surface area (Å²) in [5, 5.41) is 0. The van der Waals surface area contributed by atoms with Crippen LogP contribution in [0.2, 0.25) is 0 Å². The smallest absolute Gasteiger partial charge is 0.305 e. The van der Waals surface area contributed by atoms with E-state index in [9.17, 15) is 4.79 Å². The molecule has 0 saturated carbocycles. The molecule has 16 heavy (non-hydrogen) atoms. The second kappa shape index (κ2) is 6.01. The number of ether oxygens (including phenoxy) is 3. The fourth-order valence-corrected chi connectivity index (χ4v) is 1.55. The average molecular weight is 228 g/mol. The fraction of sp³-hybridized carbons (Fsp3) is 0.750. The lowest BCUT2D eigenvalue weighted by Crippen LogP contribution is -2.21. The minimum Gasteiger partial charge on any atom is -0.469 e. The number of esters is 1. The summed E-state index contributed by atoms with van der Waals surface area (Å²) in [6, 6.07) is 0. The molecular formula is C12H20O4. The lowest BCUT2D eigenvalue weighted by molar-refractivity contribution is -0.140. The van der Waals surface area contributed by atoms with E-state index < -0.39 is 5.79 Å². The Morgan fingerprint density at radius 2 is 2.25 bits per heavy atom. The van der Waals surface area contributed by atoms with Crippen LogP contribution in [0.5, 0.6) is 0 Å². The van der Waals surface area contributed by atoms with Crippen molar-refractivity contribution in [1.29, 1.82) is 0 Å². The van der Waals surface area contributed by atoms with Crippen LogP contribution < -0.4 is 0 Å². The minimum atomic E-state index is -0.454. The molecule has 1 fully saturated rings. The van der Waals surface area contributed by atoms with E-state index in [1.165, 1.54) is 7.11 Å². The largest absolute Gasteiger partial charge is 0.469 e. The van der Waals surface area contributed by atoms with Crippen molar-refractivity contribution >= 4 is 5.97 Å². The Hall–Kier alpha value is -0.870. The van der Waals surface area contributed by atoms with E-state index in [2.05, 4.69) is 4.74 Å². The summed E-state index contributed by atoms with van der Waals surface area (Å²) in [6.45, 7) is 4.45. The van der Waals surface area contributed by atoms with Crippen LogP contribution in [0.15, 0.2) is 12.2 Å². The molecule has 1 heterocycles. The quantitative estimate of drug-likeness (QED) is 0.533. The van der Waals surface area contributed by atoms with Gasteiger partial charge in [0.25, 0.3) is 0 Å². The van der Waals surface area contributed by atoms with E-state index in [1.807, 2.05) is 26.0 Å². The van der Waals surface area contributed by atoms with Crippen LogP contribution >= 0.6 is 0 Å². The molecule has 4 nitrogen and oxygen atoms in total. The molecule has 1 unspecified atom stereocenters. The van der Waals surface area contributed by atoms with Gasteiger partial charge >= 0.3 is 5.97 Å². The van der Waals surface area contributed by atoms with E-state index in [0.29, 0.717) is 19.4 Å². The van der Waals surface area contributed by atoms with Crippen LogP contribution in [-0.4, -0.2) is 31.6 Å². The summed E-state index contributed by atoms with van der Waals surface area (Å²) in [6.07, 6.45) is 6.10. The van der Waals surface area contributed by atoms with E-state index in [0.717, 1.165) is 6.42 Å². The molecule has 0 aromatic rings. The summed E-state index contributed by atoms with van der Waals surface area (Å²) in [7, 11) is 1.40. The van der Waals surface area contributed by atoms with Crippen molar-refractivity contribution in [2.24, 2.45) is 0 Å². The number of allylic oxidation sites excluding steroid dienone is 1. The lowest BCUT2D eigenvalue weighted by Gasteiger charge is -2.16. The lowest BCUT2D eigenvalue weighted by atomic mass is 10.2. The monoisotopic (exact) mass is 228 g/mol. The van der Waals surface area contributed by atoms with E-state index in [-0.39, 0.29) is 12.1 Å². The van der Waals surface area contributed by atoms with Crippen molar-refractivity contribution in [2.75, 3.05) is 13.7 Å². The number of methoxy groups -OCH3 is 1. The second-order valence-corrected chi connectivity index (χ2v) is 4.27. The Bertz CT molecular complexity index is 258. The molecule has 92 valence electrons. The molecule has 0 spiro atoms. The summed E-state index contributed by atoms with van der Waals surface area (Å²) in [5.74, 6) is -0.629. The van der Waals surface area contributed by atoms with Gasteiger partial charge in [0, 0.05) is 6.42 Å². The normalized spacial score (nSPS) is 23.8. The molecular weight excluding hydrogens is 208 g/mol. The van der Waals surface area contributed by atoms with Crippen LogP contribution in [-0.2, 0) is 19.0 Å². The zero-order valence-corrected chi connectivity index (χ0v) is 10.2. The van der Waals surface area contributed by atoms with Crippen molar-refractivity contribution in [3.63, 3.8) is 0 Å². The van der Waals surface area contributed by atoms with Gasteiger partial charge in [0.05, 0.1) is 19.8 Å². The summed E-state index contributed by atoms with van der Waals surface area (Å²) < 4.78 is 15.6. The molecule has 0 aromatic heterocycles. The molecule has 1 aliphatic heterocycles. The zero-order valence-electron chi connectivity index (χ0n) is 10.2. The molecule has 4 heteroatoms. The Labute approximate surface area is 96.6 Å². The van der Waals surface area contributed by atoms with Gasteiger partial charge in [0.1, 0.15) is 0 Å². The molecule has 0 bridgehead atoms. The maximum absolute atomic E-state index is 10.8. The van der Waals surface area contributed by atoms with Crippen LogP contribution in [0.25, 0.3) is 0 Å². The molecule has 1 aliphatic rings. The van der Waals surface area contributed by atoms with Gasteiger partial charge in [0.15, 0.2) is 5.79 Å². The molecule has 1 rings (SSSR count). The first-order chi connectivity index (χ1) is 7.53. The number of hydrogen-bond donors (Lipinski definition) is 0. The molecule has 1 saturated heterocycles. The fourth-order valence-electron chi connectivity index (χ4n) is 1.55. The van der Waals surface area contributed by atoms with Gasteiger partial charge in [-0.15, -0.1) is 0 Å². The van der Waals surface area contributed by atoms with Gasteiger partial charge < -0.3 is 14.2 Å². The Kier molecular flexibility index (Phi) is 4.96. The first-order valence-corrected chi connectivity index (χ1v) is 5.57. The van der Waals surface area contributed by atoms with Crippen molar-refractivity contribution < 1.29 is 19.0 Å². The molecule has 0 radical (unpaired) electrons. The van der Waals surface area contributed by atoms with Crippen LogP contribution in [0.3, 0.4) is 0 Å². The summed E-state index contributed by atoms with van der Waals surface area (Å²) in [5.41, 5.74) is 0. The maximum Gasteiger partial charge on any atom is 0.305 e. The van der Waals surface area contributed by atoms with Crippen molar-refractivity contribution in [3.8, 4) is 0 Å². The minimum absolute atomic E-state index is 0.129. The molecule has 0 N–H and O–H groups in total. The SMILES string of the molecule is COC(=O)CC/C=C\CC1COC(C)(C)O1. The van der Waals surface area contributed by atoms with Gasteiger partial charge in [0.2, 0.25) is 0 Å². The maximum atomic E-state index is 10.8. The summed E-state index contributed by atoms with van der Waals surface area (Å²) >= 11 is 0. The highest BCUT2D eigenvalue weighted by molar-refractivity contribution is 5.69. The van der Waals surface area contributed by atoms with Gasteiger partial charge in [-0.05, 0) is 26.7 Å². The molecule has 0 aromatic carbocycles. The van der Waals surface area contributed by atoms with E-state index in [1.54, 1.807) is 0 Å². The first-order valence-electron chi connectivity index (χ1n) is 5.57. The number of carbonyl (C=O) groups excluding carboxylic acids is 1. The highest BCUT2D eigenvalue weighted by Crippen LogP contribution is 2.24. The van der Waals surface area contributed by atoms with E-state index >= 15 is 0 Å². The standard InChI is InChI=1S/C12H20O4/c1-12(2)15-9-10(16-12)7-5-4-6-8-11(13)14-3/h4-5,10H,6-9H2,1-3H3/b5-4-.